The molecule has 2 fully saturated rings. The van der Waals surface area contributed by atoms with Crippen LogP contribution in [-0.2, 0) is 14.3 Å². The van der Waals surface area contributed by atoms with Gasteiger partial charge in [0.15, 0.2) is 0 Å². The number of ketones is 1. The summed E-state index contributed by atoms with van der Waals surface area (Å²) in [4.78, 5) is 30.0. The Bertz CT molecular complexity index is 1110. The topological polar surface area (TPSA) is 79.3 Å². The first kappa shape index (κ1) is 24.5. The largest absolute Gasteiger partial charge is 0.507 e. The lowest BCUT2D eigenvalue weighted by Crippen LogP contribution is -2.42. The number of carbonyl (C=O) groups excluding carboxylic acids is 2. The molecule has 7 nitrogen and oxygen atoms in total. The van der Waals surface area contributed by atoms with Crippen LogP contribution in [-0.4, -0.2) is 72.6 Å². The van der Waals surface area contributed by atoms with Crippen LogP contribution in [0.15, 0.2) is 48.0 Å². The first-order valence-corrected chi connectivity index (χ1v) is 11.9. The van der Waals surface area contributed by atoms with Gasteiger partial charge in [0, 0.05) is 31.7 Å². The lowest BCUT2D eigenvalue weighted by molar-refractivity contribution is -0.140. The summed E-state index contributed by atoms with van der Waals surface area (Å²) in [5, 5.41) is 11.9. The molecule has 0 spiro atoms. The van der Waals surface area contributed by atoms with Crippen LogP contribution >= 0.6 is 23.2 Å². The van der Waals surface area contributed by atoms with Gasteiger partial charge in [-0.25, -0.2) is 0 Å². The van der Waals surface area contributed by atoms with Crippen LogP contribution in [0.5, 0.6) is 5.75 Å². The molecular formula is C25H26Cl2N2O5. The SMILES string of the molecule is CCOc1cccc(/C(O)=C2\C(=O)C(=O)N(CCN3CCOCC3)C2c2ccc(Cl)c(Cl)c2)c1. The van der Waals surface area contributed by atoms with E-state index in [1.807, 2.05) is 6.92 Å². The number of halogens is 2. The van der Waals surface area contributed by atoms with Crippen molar-refractivity contribution in [3.63, 3.8) is 0 Å². The Labute approximate surface area is 208 Å². The number of likely N-dealkylation sites (tertiary alicyclic amines) is 1. The van der Waals surface area contributed by atoms with Gasteiger partial charge in [-0.3, -0.25) is 14.5 Å². The number of Topliss-reactive ketones (excluding diaryl/α,β-unsaturated/α-hetero) is 1. The minimum Gasteiger partial charge on any atom is -0.507 e. The number of rotatable bonds is 7. The number of aliphatic hydroxyl groups excluding tert-OH is 1. The van der Waals surface area contributed by atoms with E-state index in [1.54, 1.807) is 42.5 Å². The Morgan fingerprint density at radius 3 is 2.56 bits per heavy atom. The molecule has 34 heavy (non-hydrogen) atoms. The first-order chi connectivity index (χ1) is 16.4. The van der Waals surface area contributed by atoms with Gasteiger partial charge >= 0.3 is 0 Å². The maximum Gasteiger partial charge on any atom is 0.295 e. The zero-order valence-corrected chi connectivity index (χ0v) is 20.3. The summed E-state index contributed by atoms with van der Waals surface area (Å²) < 4.78 is 10.9. The molecule has 2 aromatic carbocycles. The number of hydrogen-bond donors (Lipinski definition) is 1. The van der Waals surface area contributed by atoms with Gasteiger partial charge < -0.3 is 19.5 Å². The van der Waals surface area contributed by atoms with E-state index >= 15 is 0 Å². The van der Waals surface area contributed by atoms with Gasteiger partial charge in [-0.2, -0.15) is 0 Å². The van der Waals surface area contributed by atoms with Gasteiger partial charge in [0.25, 0.3) is 11.7 Å². The summed E-state index contributed by atoms with van der Waals surface area (Å²) in [5.41, 5.74) is 0.999. The standard InChI is InChI=1S/C25H26Cl2N2O5/c1-2-34-18-5-3-4-17(14-18)23(30)21-22(16-6-7-19(26)20(27)15-16)29(25(32)24(21)31)9-8-28-10-12-33-13-11-28/h3-7,14-15,22,30H,2,8-13H2,1H3/b23-21+. The average molecular weight is 505 g/mol. The minimum atomic E-state index is -0.799. The zero-order valence-electron chi connectivity index (χ0n) is 18.8. The number of carbonyl (C=O) groups is 2. The van der Waals surface area contributed by atoms with E-state index in [-0.39, 0.29) is 11.3 Å². The molecule has 4 rings (SSSR count). The number of hydrogen-bond acceptors (Lipinski definition) is 6. The fourth-order valence-corrected chi connectivity index (χ4v) is 4.58. The summed E-state index contributed by atoms with van der Waals surface area (Å²) >= 11 is 12.4. The van der Waals surface area contributed by atoms with Crippen molar-refractivity contribution in [3.8, 4) is 5.75 Å². The fourth-order valence-electron chi connectivity index (χ4n) is 4.27. The molecule has 2 aliphatic rings. The molecule has 1 atom stereocenters. The fraction of sp³-hybridized carbons (Fsp3) is 0.360. The Hall–Kier alpha value is -2.58. The van der Waals surface area contributed by atoms with Crippen LogP contribution in [0.2, 0.25) is 10.0 Å². The van der Waals surface area contributed by atoms with Crippen molar-refractivity contribution in [1.82, 2.24) is 9.80 Å². The molecular weight excluding hydrogens is 479 g/mol. The maximum atomic E-state index is 13.2. The van der Waals surface area contributed by atoms with Crippen molar-refractivity contribution >= 4 is 40.7 Å². The van der Waals surface area contributed by atoms with Crippen molar-refractivity contribution in [1.29, 1.82) is 0 Å². The second-order valence-corrected chi connectivity index (χ2v) is 8.90. The monoisotopic (exact) mass is 504 g/mol. The highest BCUT2D eigenvalue weighted by atomic mass is 35.5. The van der Waals surface area contributed by atoms with Crippen LogP contribution in [0.25, 0.3) is 5.76 Å². The number of ether oxygens (including phenoxy) is 2. The molecule has 0 radical (unpaired) electrons. The summed E-state index contributed by atoms with van der Waals surface area (Å²) in [6, 6.07) is 11.0. The third kappa shape index (κ3) is 5.08. The number of amides is 1. The second-order valence-electron chi connectivity index (χ2n) is 8.08. The Morgan fingerprint density at radius 1 is 1.09 bits per heavy atom. The van der Waals surface area contributed by atoms with Crippen LogP contribution in [0.1, 0.15) is 24.1 Å². The maximum absolute atomic E-state index is 13.2. The van der Waals surface area contributed by atoms with Gasteiger partial charge in [-0.05, 0) is 36.8 Å². The minimum absolute atomic E-state index is 0.0130. The number of benzene rings is 2. The summed E-state index contributed by atoms with van der Waals surface area (Å²) in [7, 11) is 0. The predicted molar refractivity (Wildman–Crippen MR) is 130 cm³/mol. The zero-order chi connectivity index (χ0) is 24.2. The van der Waals surface area contributed by atoms with E-state index < -0.39 is 17.7 Å². The Kier molecular flexibility index (Phi) is 7.78. The normalized spacial score (nSPS) is 20.7. The summed E-state index contributed by atoms with van der Waals surface area (Å²) in [5.74, 6) is -1.10. The van der Waals surface area contributed by atoms with E-state index in [2.05, 4.69) is 4.90 Å². The Balaban J connectivity index is 1.76. The van der Waals surface area contributed by atoms with Crippen molar-refractivity contribution in [3.05, 3.63) is 69.2 Å². The highest BCUT2D eigenvalue weighted by molar-refractivity contribution is 6.46. The van der Waals surface area contributed by atoms with E-state index in [0.717, 1.165) is 13.1 Å². The Morgan fingerprint density at radius 2 is 1.85 bits per heavy atom. The third-order valence-electron chi connectivity index (χ3n) is 5.98. The summed E-state index contributed by atoms with van der Waals surface area (Å²) in [6.07, 6.45) is 0. The van der Waals surface area contributed by atoms with Crippen LogP contribution in [0.4, 0.5) is 0 Å². The quantitative estimate of drug-likeness (QED) is 0.346. The smallest absolute Gasteiger partial charge is 0.295 e. The molecule has 180 valence electrons. The first-order valence-electron chi connectivity index (χ1n) is 11.2. The van der Waals surface area contributed by atoms with E-state index in [1.165, 1.54) is 4.90 Å². The number of morpholine rings is 1. The molecule has 9 heteroatoms. The van der Waals surface area contributed by atoms with Crippen molar-refractivity contribution in [2.24, 2.45) is 0 Å². The van der Waals surface area contributed by atoms with Crippen LogP contribution in [0, 0.1) is 0 Å². The van der Waals surface area contributed by atoms with Gasteiger partial charge in [-0.1, -0.05) is 41.4 Å². The molecule has 1 unspecified atom stereocenters. The van der Waals surface area contributed by atoms with Gasteiger partial charge in [0.1, 0.15) is 11.5 Å². The van der Waals surface area contributed by atoms with Gasteiger partial charge in [-0.15, -0.1) is 0 Å². The average Bonchev–Trinajstić information content (AvgIpc) is 3.10. The van der Waals surface area contributed by atoms with Gasteiger partial charge in [0.05, 0.1) is 41.5 Å². The lowest BCUT2D eigenvalue weighted by Gasteiger charge is -2.31. The predicted octanol–water partition coefficient (Wildman–Crippen LogP) is 4.15. The molecule has 2 heterocycles. The molecule has 0 aliphatic carbocycles. The third-order valence-corrected chi connectivity index (χ3v) is 6.72. The molecule has 2 aliphatic heterocycles. The second kappa shape index (κ2) is 10.8. The molecule has 1 amide bonds. The lowest BCUT2D eigenvalue weighted by atomic mass is 9.95. The number of aliphatic hydroxyl groups is 1. The molecule has 2 aromatic rings. The number of nitrogens with zero attached hydrogens (tertiary/aromatic N) is 2. The van der Waals surface area contributed by atoms with Crippen LogP contribution < -0.4 is 4.74 Å². The van der Waals surface area contributed by atoms with Crippen molar-refractivity contribution in [2.75, 3.05) is 46.0 Å². The highest BCUT2D eigenvalue weighted by Gasteiger charge is 2.46. The highest BCUT2D eigenvalue weighted by Crippen LogP contribution is 2.41. The van der Waals surface area contributed by atoms with E-state index in [9.17, 15) is 14.7 Å². The molecule has 2 saturated heterocycles. The molecule has 0 saturated carbocycles. The van der Waals surface area contributed by atoms with Gasteiger partial charge in [0.2, 0.25) is 0 Å². The van der Waals surface area contributed by atoms with E-state index in [4.69, 9.17) is 32.7 Å². The van der Waals surface area contributed by atoms with Crippen molar-refractivity contribution in [2.45, 2.75) is 13.0 Å². The molecule has 1 N–H and O–H groups in total. The van der Waals surface area contributed by atoms with Crippen LogP contribution in [0.3, 0.4) is 0 Å². The molecule has 0 bridgehead atoms. The van der Waals surface area contributed by atoms with Crippen molar-refractivity contribution < 1.29 is 24.2 Å². The molecule has 0 aromatic heterocycles. The summed E-state index contributed by atoms with van der Waals surface area (Å²) in [6.45, 7) is 5.98. The van der Waals surface area contributed by atoms with E-state index in [0.29, 0.717) is 59.8 Å².